The Labute approximate surface area is 230 Å². The van der Waals surface area contributed by atoms with Gasteiger partial charge in [0.15, 0.2) is 0 Å². The summed E-state index contributed by atoms with van der Waals surface area (Å²) in [5, 5.41) is 9.22. The lowest BCUT2D eigenvalue weighted by molar-refractivity contribution is -0.141. The standard InChI is InChI=1S/C31H38N4O4/c1-6-7-12-30(33-39-23(4)37)29-20-35(26-15-13-24(14-16-26)21(2)32-38-22(3)36)31-19-27(17-18-28(29)31)34(5)25-10-8-9-11-25/h13-20,25H,6-12H2,1-5H3/b32-21+,33-30+. The number of nitrogens with zero attached hydrogens (tertiary/aromatic N) is 4. The number of aromatic nitrogens is 1. The van der Waals surface area contributed by atoms with Crippen LogP contribution in [0, 0.1) is 0 Å². The zero-order valence-corrected chi connectivity index (χ0v) is 23.6. The van der Waals surface area contributed by atoms with Gasteiger partial charge < -0.3 is 19.1 Å². The average Bonchev–Trinajstić information content (AvgIpc) is 3.60. The quantitative estimate of drug-likeness (QED) is 0.164. The smallest absolute Gasteiger partial charge is 0.331 e. The Bertz CT molecular complexity index is 1380. The molecule has 0 N–H and O–H groups in total. The highest BCUT2D eigenvalue weighted by Crippen LogP contribution is 2.33. The average molecular weight is 531 g/mol. The fraction of sp³-hybridized carbons (Fsp3) is 0.419. The van der Waals surface area contributed by atoms with Gasteiger partial charge in [-0.3, -0.25) is 0 Å². The Balaban J connectivity index is 1.81. The highest BCUT2D eigenvalue weighted by atomic mass is 16.7. The minimum atomic E-state index is -0.454. The molecular formula is C31H38N4O4. The molecule has 0 unspecified atom stereocenters. The van der Waals surface area contributed by atoms with Crippen LogP contribution >= 0.6 is 0 Å². The maximum atomic E-state index is 11.6. The second-order valence-electron chi connectivity index (χ2n) is 10.2. The van der Waals surface area contributed by atoms with Gasteiger partial charge in [-0.2, -0.15) is 0 Å². The largest absolute Gasteiger partial charge is 0.372 e. The normalized spacial score (nSPS) is 14.6. The fourth-order valence-corrected chi connectivity index (χ4v) is 5.12. The number of hydrogen-bond acceptors (Lipinski definition) is 7. The molecular weight excluding hydrogens is 492 g/mol. The molecule has 0 radical (unpaired) electrons. The third kappa shape index (κ3) is 6.74. The molecule has 8 heteroatoms. The van der Waals surface area contributed by atoms with Gasteiger partial charge in [0.05, 0.1) is 16.9 Å². The Morgan fingerprint density at radius 1 is 0.974 bits per heavy atom. The molecule has 0 aliphatic heterocycles. The Morgan fingerprint density at radius 3 is 2.28 bits per heavy atom. The van der Waals surface area contributed by atoms with E-state index in [1.165, 1.54) is 45.2 Å². The van der Waals surface area contributed by atoms with Crippen molar-refractivity contribution < 1.29 is 19.3 Å². The third-order valence-corrected chi connectivity index (χ3v) is 7.31. The molecule has 0 atom stereocenters. The van der Waals surface area contributed by atoms with Gasteiger partial charge in [0.25, 0.3) is 0 Å². The number of oxime groups is 2. The summed E-state index contributed by atoms with van der Waals surface area (Å²) < 4.78 is 2.16. The van der Waals surface area contributed by atoms with Crippen LogP contribution < -0.4 is 4.90 Å². The second kappa shape index (κ2) is 12.7. The Morgan fingerprint density at radius 2 is 1.64 bits per heavy atom. The number of unbranched alkanes of at least 4 members (excludes halogenated alkanes) is 1. The Kier molecular flexibility index (Phi) is 9.17. The first-order valence-corrected chi connectivity index (χ1v) is 13.7. The molecule has 0 amide bonds. The van der Waals surface area contributed by atoms with Crippen molar-refractivity contribution in [3.63, 3.8) is 0 Å². The summed E-state index contributed by atoms with van der Waals surface area (Å²) in [6.45, 7) is 6.63. The molecule has 0 spiro atoms. The second-order valence-corrected chi connectivity index (χ2v) is 10.2. The van der Waals surface area contributed by atoms with Crippen molar-refractivity contribution in [2.45, 2.75) is 78.7 Å². The van der Waals surface area contributed by atoms with Gasteiger partial charge in [-0.25, -0.2) is 9.59 Å². The van der Waals surface area contributed by atoms with Gasteiger partial charge in [0, 0.05) is 55.5 Å². The number of benzene rings is 2. The maximum absolute atomic E-state index is 11.6. The summed E-state index contributed by atoms with van der Waals surface area (Å²) >= 11 is 0. The first-order chi connectivity index (χ1) is 18.8. The Hall–Kier alpha value is -3.94. The highest BCUT2D eigenvalue weighted by Gasteiger charge is 2.22. The molecule has 1 saturated carbocycles. The molecule has 3 aromatic rings. The van der Waals surface area contributed by atoms with E-state index >= 15 is 0 Å². The lowest BCUT2D eigenvalue weighted by Crippen LogP contribution is -2.28. The molecule has 4 rings (SSSR count). The number of rotatable bonds is 10. The summed E-state index contributed by atoms with van der Waals surface area (Å²) in [5.74, 6) is -0.889. The summed E-state index contributed by atoms with van der Waals surface area (Å²) in [6.07, 6.45) is 9.71. The predicted molar refractivity (Wildman–Crippen MR) is 156 cm³/mol. The van der Waals surface area contributed by atoms with E-state index in [1.807, 2.05) is 24.3 Å². The zero-order valence-electron chi connectivity index (χ0n) is 23.6. The van der Waals surface area contributed by atoms with Gasteiger partial charge in [0.2, 0.25) is 0 Å². The van der Waals surface area contributed by atoms with Crippen LogP contribution in [0.2, 0.25) is 0 Å². The maximum Gasteiger partial charge on any atom is 0.331 e. The summed E-state index contributed by atoms with van der Waals surface area (Å²) in [5.41, 5.74) is 6.38. The van der Waals surface area contributed by atoms with Crippen molar-refractivity contribution in [3.8, 4) is 5.69 Å². The van der Waals surface area contributed by atoms with E-state index in [9.17, 15) is 9.59 Å². The monoisotopic (exact) mass is 530 g/mol. The number of carbonyl (C=O) groups excluding carboxylic acids is 2. The molecule has 1 aliphatic carbocycles. The van der Waals surface area contributed by atoms with Crippen molar-refractivity contribution in [2.75, 3.05) is 11.9 Å². The molecule has 1 heterocycles. The van der Waals surface area contributed by atoms with Crippen LogP contribution in [0.4, 0.5) is 5.69 Å². The van der Waals surface area contributed by atoms with Gasteiger partial charge in [-0.05, 0) is 62.4 Å². The van der Waals surface area contributed by atoms with E-state index in [-0.39, 0.29) is 0 Å². The lowest BCUT2D eigenvalue weighted by atomic mass is 10.0. The van der Waals surface area contributed by atoms with Crippen LogP contribution in [0.25, 0.3) is 16.6 Å². The van der Waals surface area contributed by atoms with E-state index in [2.05, 4.69) is 58.1 Å². The minimum absolute atomic E-state index is 0.436. The SMILES string of the molecule is CCCC/C(=N\OC(C)=O)c1cn(-c2ccc(/C(C)=N/OC(C)=O)cc2)c2cc(N(C)C3CCCC3)ccc12. The van der Waals surface area contributed by atoms with Crippen molar-refractivity contribution in [3.05, 3.63) is 59.8 Å². The van der Waals surface area contributed by atoms with E-state index in [4.69, 9.17) is 9.68 Å². The number of hydrogen-bond donors (Lipinski definition) is 0. The predicted octanol–water partition coefficient (Wildman–Crippen LogP) is 6.75. The molecule has 0 bridgehead atoms. The fourth-order valence-electron chi connectivity index (χ4n) is 5.12. The first-order valence-electron chi connectivity index (χ1n) is 13.7. The molecule has 1 fully saturated rings. The molecule has 206 valence electrons. The van der Waals surface area contributed by atoms with Gasteiger partial charge in [-0.1, -0.05) is 54.7 Å². The molecule has 2 aromatic carbocycles. The van der Waals surface area contributed by atoms with E-state index in [0.717, 1.165) is 46.3 Å². The van der Waals surface area contributed by atoms with Gasteiger partial charge in [-0.15, -0.1) is 0 Å². The minimum Gasteiger partial charge on any atom is -0.372 e. The summed E-state index contributed by atoms with van der Waals surface area (Å²) in [6, 6.07) is 15.1. The number of anilines is 1. The summed E-state index contributed by atoms with van der Waals surface area (Å²) in [7, 11) is 2.18. The van der Waals surface area contributed by atoms with Crippen LogP contribution in [-0.4, -0.2) is 41.0 Å². The van der Waals surface area contributed by atoms with Crippen molar-refractivity contribution in [1.29, 1.82) is 0 Å². The molecule has 1 aromatic heterocycles. The van der Waals surface area contributed by atoms with E-state index < -0.39 is 11.9 Å². The van der Waals surface area contributed by atoms with Gasteiger partial charge >= 0.3 is 11.9 Å². The first kappa shape index (κ1) is 28.1. The number of carbonyl (C=O) groups is 2. The summed E-state index contributed by atoms with van der Waals surface area (Å²) in [4.78, 5) is 35.0. The van der Waals surface area contributed by atoms with Crippen LogP contribution in [0.1, 0.15) is 83.8 Å². The number of fused-ring (bicyclic) bond motifs is 1. The van der Waals surface area contributed by atoms with Crippen LogP contribution in [0.5, 0.6) is 0 Å². The van der Waals surface area contributed by atoms with Crippen molar-refractivity contribution >= 4 is 40.0 Å². The molecule has 0 saturated heterocycles. The topological polar surface area (TPSA) is 85.5 Å². The van der Waals surface area contributed by atoms with Crippen LogP contribution in [0.15, 0.2) is 59.0 Å². The van der Waals surface area contributed by atoms with E-state index in [0.29, 0.717) is 18.2 Å². The van der Waals surface area contributed by atoms with Crippen LogP contribution in [0.3, 0.4) is 0 Å². The van der Waals surface area contributed by atoms with Crippen molar-refractivity contribution in [2.24, 2.45) is 10.3 Å². The highest BCUT2D eigenvalue weighted by molar-refractivity contribution is 6.11. The van der Waals surface area contributed by atoms with Gasteiger partial charge in [0.1, 0.15) is 0 Å². The lowest BCUT2D eigenvalue weighted by Gasteiger charge is -2.26. The molecule has 1 aliphatic rings. The molecule has 39 heavy (non-hydrogen) atoms. The third-order valence-electron chi connectivity index (χ3n) is 7.31. The van der Waals surface area contributed by atoms with Crippen molar-refractivity contribution in [1.82, 2.24) is 4.57 Å². The molecule has 8 nitrogen and oxygen atoms in total. The van der Waals surface area contributed by atoms with E-state index in [1.54, 1.807) is 6.92 Å². The van der Waals surface area contributed by atoms with Crippen LogP contribution in [-0.2, 0) is 19.3 Å². The zero-order chi connectivity index (χ0) is 27.9.